The van der Waals surface area contributed by atoms with E-state index in [0.717, 1.165) is 19.3 Å². The molecule has 2 N–H and O–H groups in total. The molecule has 0 aliphatic heterocycles. The number of ether oxygens (including phenoxy) is 2. The summed E-state index contributed by atoms with van der Waals surface area (Å²) in [5.41, 5.74) is 3.47. The van der Waals surface area contributed by atoms with E-state index in [4.69, 9.17) is 9.47 Å². The molecule has 1 aromatic heterocycles. The van der Waals surface area contributed by atoms with Gasteiger partial charge in [-0.1, -0.05) is 19.8 Å². The standard InChI is InChI=1S/C25H25N3O5/c1-2-3-4-15-32-21-8-5-19(6-9-21)25(31)33-22-10-7-20(23(29)16-22)17-27-28-24(30)18-11-13-26-14-12-18/h5-14,16-17,29H,2-4,15H2,1H3,(H,28,30)/b27-17+. The Morgan fingerprint density at radius 3 is 2.42 bits per heavy atom. The highest BCUT2D eigenvalue weighted by Crippen LogP contribution is 2.23. The average Bonchev–Trinajstić information content (AvgIpc) is 2.84. The Bertz CT molecular complexity index is 1100. The van der Waals surface area contributed by atoms with Gasteiger partial charge in [0.25, 0.3) is 5.91 Å². The van der Waals surface area contributed by atoms with Gasteiger partial charge in [0.2, 0.25) is 0 Å². The molecular formula is C25H25N3O5. The third kappa shape index (κ3) is 7.17. The molecule has 0 unspecified atom stereocenters. The molecule has 3 rings (SSSR count). The van der Waals surface area contributed by atoms with Gasteiger partial charge in [-0.2, -0.15) is 5.10 Å². The fourth-order valence-electron chi connectivity index (χ4n) is 2.82. The molecule has 1 amide bonds. The quantitative estimate of drug-likeness (QED) is 0.157. The number of phenolic OH excluding ortho intramolecular Hbond substituents is 1. The van der Waals surface area contributed by atoms with E-state index in [-0.39, 0.29) is 11.5 Å². The largest absolute Gasteiger partial charge is 0.507 e. The number of hydrogen-bond acceptors (Lipinski definition) is 7. The molecular weight excluding hydrogens is 422 g/mol. The Hall–Kier alpha value is -4.20. The van der Waals surface area contributed by atoms with Crippen molar-refractivity contribution < 1.29 is 24.2 Å². The van der Waals surface area contributed by atoms with Gasteiger partial charge < -0.3 is 14.6 Å². The number of aromatic hydroxyl groups is 1. The summed E-state index contributed by atoms with van der Waals surface area (Å²) < 4.78 is 11.0. The number of aromatic nitrogens is 1. The zero-order valence-corrected chi connectivity index (χ0v) is 18.2. The molecule has 0 saturated carbocycles. The van der Waals surface area contributed by atoms with E-state index in [1.54, 1.807) is 36.4 Å². The van der Waals surface area contributed by atoms with E-state index >= 15 is 0 Å². The fraction of sp³-hybridized carbons (Fsp3) is 0.200. The number of hydrazone groups is 1. The van der Waals surface area contributed by atoms with E-state index < -0.39 is 11.9 Å². The van der Waals surface area contributed by atoms with Gasteiger partial charge in [-0.15, -0.1) is 0 Å². The summed E-state index contributed by atoms with van der Waals surface area (Å²) in [7, 11) is 0. The van der Waals surface area contributed by atoms with Crippen LogP contribution in [0.5, 0.6) is 17.2 Å². The molecule has 8 heteroatoms. The number of rotatable bonds is 10. The Balaban J connectivity index is 1.54. The molecule has 33 heavy (non-hydrogen) atoms. The van der Waals surface area contributed by atoms with Crippen LogP contribution in [0.2, 0.25) is 0 Å². The van der Waals surface area contributed by atoms with Crippen molar-refractivity contribution >= 4 is 18.1 Å². The number of nitrogens with one attached hydrogen (secondary N) is 1. The van der Waals surface area contributed by atoms with Crippen LogP contribution in [-0.2, 0) is 0 Å². The predicted molar refractivity (Wildman–Crippen MR) is 124 cm³/mol. The van der Waals surface area contributed by atoms with Crippen LogP contribution < -0.4 is 14.9 Å². The average molecular weight is 447 g/mol. The molecule has 0 bridgehead atoms. The zero-order valence-electron chi connectivity index (χ0n) is 18.2. The molecule has 0 atom stereocenters. The number of esters is 1. The second kappa shape index (κ2) is 12.0. The van der Waals surface area contributed by atoms with Crippen molar-refractivity contribution in [2.24, 2.45) is 5.10 Å². The molecule has 170 valence electrons. The lowest BCUT2D eigenvalue weighted by Crippen LogP contribution is -2.17. The normalized spacial score (nSPS) is 10.7. The molecule has 0 aliphatic carbocycles. The minimum atomic E-state index is -0.557. The summed E-state index contributed by atoms with van der Waals surface area (Å²) in [6.07, 6.45) is 7.52. The van der Waals surface area contributed by atoms with Crippen molar-refractivity contribution in [2.75, 3.05) is 6.61 Å². The second-order valence-electron chi connectivity index (χ2n) is 7.13. The molecule has 0 saturated heterocycles. The number of benzene rings is 2. The Morgan fingerprint density at radius 1 is 1.00 bits per heavy atom. The number of pyridine rings is 1. The van der Waals surface area contributed by atoms with Crippen LogP contribution in [0.15, 0.2) is 72.1 Å². The fourth-order valence-corrected chi connectivity index (χ4v) is 2.82. The van der Waals surface area contributed by atoms with Gasteiger partial charge in [-0.3, -0.25) is 9.78 Å². The first-order valence-electron chi connectivity index (χ1n) is 10.6. The van der Waals surface area contributed by atoms with Crippen LogP contribution >= 0.6 is 0 Å². The topological polar surface area (TPSA) is 110 Å². The van der Waals surface area contributed by atoms with Gasteiger partial charge in [0.1, 0.15) is 17.2 Å². The van der Waals surface area contributed by atoms with Crippen molar-refractivity contribution in [3.8, 4) is 17.2 Å². The Labute approximate surface area is 191 Å². The zero-order chi connectivity index (χ0) is 23.5. The van der Waals surface area contributed by atoms with Crippen LogP contribution in [0.4, 0.5) is 0 Å². The first kappa shape index (κ1) is 23.5. The van der Waals surface area contributed by atoms with Crippen LogP contribution in [0.1, 0.15) is 52.5 Å². The summed E-state index contributed by atoms with van der Waals surface area (Å²) in [6, 6.07) is 14.2. The summed E-state index contributed by atoms with van der Waals surface area (Å²) in [5.74, 6) is -0.248. The molecule has 2 aromatic carbocycles. The lowest BCUT2D eigenvalue weighted by molar-refractivity contribution is 0.0734. The van der Waals surface area contributed by atoms with E-state index in [0.29, 0.717) is 29.0 Å². The molecule has 3 aromatic rings. The highest BCUT2D eigenvalue weighted by molar-refractivity contribution is 5.95. The van der Waals surface area contributed by atoms with E-state index in [1.807, 2.05) is 0 Å². The van der Waals surface area contributed by atoms with Gasteiger partial charge in [0.15, 0.2) is 0 Å². The molecule has 0 spiro atoms. The predicted octanol–water partition coefficient (Wildman–Crippen LogP) is 4.34. The van der Waals surface area contributed by atoms with Crippen LogP contribution in [0, 0.1) is 0 Å². The monoisotopic (exact) mass is 447 g/mol. The summed E-state index contributed by atoms with van der Waals surface area (Å²) in [6.45, 7) is 2.77. The van der Waals surface area contributed by atoms with Gasteiger partial charge in [-0.25, -0.2) is 10.2 Å². The van der Waals surface area contributed by atoms with Crippen molar-refractivity contribution in [2.45, 2.75) is 26.2 Å². The maximum Gasteiger partial charge on any atom is 0.343 e. The van der Waals surface area contributed by atoms with Crippen molar-refractivity contribution in [3.63, 3.8) is 0 Å². The van der Waals surface area contributed by atoms with Crippen molar-refractivity contribution in [1.82, 2.24) is 10.4 Å². The number of amides is 1. The van der Waals surface area contributed by atoms with Gasteiger partial charge >= 0.3 is 5.97 Å². The van der Waals surface area contributed by atoms with Crippen molar-refractivity contribution in [3.05, 3.63) is 83.7 Å². The maximum absolute atomic E-state index is 12.4. The Morgan fingerprint density at radius 2 is 1.73 bits per heavy atom. The van der Waals surface area contributed by atoms with Gasteiger partial charge in [-0.05, 0) is 55.0 Å². The van der Waals surface area contributed by atoms with Crippen LogP contribution in [0.3, 0.4) is 0 Å². The first-order chi connectivity index (χ1) is 16.1. The highest BCUT2D eigenvalue weighted by atomic mass is 16.5. The minimum absolute atomic E-state index is 0.155. The lowest BCUT2D eigenvalue weighted by atomic mass is 10.2. The van der Waals surface area contributed by atoms with E-state index in [9.17, 15) is 14.7 Å². The van der Waals surface area contributed by atoms with Crippen LogP contribution in [0.25, 0.3) is 0 Å². The number of nitrogens with zero attached hydrogens (tertiary/aromatic N) is 2. The Kier molecular flexibility index (Phi) is 8.53. The third-order valence-corrected chi connectivity index (χ3v) is 4.63. The van der Waals surface area contributed by atoms with Crippen LogP contribution in [-0.4, -0.2) is 34.8 Å². The van der Waals surface area contributed by atoms with Gasteiger partial charge in [0.05, 0.1) is 18.4 Å². The molecule has 0 fully saturated rings. The van der Waals surface area contributed by atoms with Crippen molar-refractivity contribution in [1.29, 1.82) is 0 Å². The number of unbranched alkanes of at least 4 members (excludes halogenated alkanes) is 2. The molecule has 1 heterocycles. The minimum Gasteiger partial charge on any atom is -0.507 e. The number of hydrogen-bond donors (Lipinski definition) is 2. The van der Waals surface area contributed by atoms with Gasteiger partial charge in [0, 0.05) is 29.6 Å². The third-order valence-electron chi connectivity index (χ3n) is 4.63. The summed E-state index contributed by atoms with van der Waals surface area (Å²) in [5, 5.41) is 14.0. The number of carbonyl (C=O) groups excluding carboxylic acids is 2. The second-order valence-corrected chi connectivity index (χ2v) is 7.13. The molecule has 0 aliphatic rings. The SMILES string of the molecule is CCCCCOc1ccc(C(=O)Oc2ccc(/C=N/NC(=O)c3ccncc3)c(O)c2)cc1. The first-order valence-corrected chi connectivity index (χ1v) is 10.6. The lowest BCUT2D eigenvalue weighted by Gasteiger charge is -2.08. The smallest absolute Gasteiger partial charge is 0.343 e. The van der Waals surface area contributed by atoms with E-state index in [2.05, 4.69) is 22.4 Å². The number of phenols is 1. The number of carbonyl (C=O) groups is 2. The molecule has 0 radical (unpaired) electrons. The van der Waals surface area contributed by atoms with E-state index in [1.165, 1.54) is 36.8 Å². The maximum atomic E-state index is 12.4. The summed E-state index contributed by atoms with van der Waals surface area (Å²) in [4.78, 5) is 28.2. The summed E-state index contributed by atoms with van der Waals surface area (Å²) >= 11 is 0. The molecule has 8 nitrogen and oxygen atoms in total. The highest BCUT2D eigenvalue weighted by Gasteiger charge is 2.11.